The highest BCUT2D eigenvalue weighted by atomic mass is 19.1. The molecule has 8 heteroatoms. The number of benzene rings is 1. The Morgan fingerprint density at radius 3 is 2.48 bits per heavy atom. The minimum Gasteiger partial charge on any atom is -0.480 e. The van der Waals surface area contributed by atoms with Gasteiger partial charge >= 0.3 is 5.97 Å². The van der Waals surface area contributed by atoms with E-state index in [4.69, 9.17) is 0 Å². The zero-order valence-electron chi connectivity index (χ0n) is 11.0. The summed E-state index contributed by atoms with van der Waals surface area (Å²) in [7, 11) is 0. The van der Waals surface area contributed by atoms with Crippen LogP contribution in [-0.2, 0) is 4.79 Å². The first-order valence-corrected chi connectivity index (χ1v) is 6.35. The fraction of sp³-hybridized carbons (Fsp3) is 0.385. The van der Waals surface area contributed by atoms with Gasteiger partial charge in [-0.25, -0.2) is 9.18 Å². The third kappa shape index (κ3) is 2.83. The number of aliphatic carboxylic acids is 1. The van der Waals surface area contributed by atoms with Crippen molar-refractivity contribution in [2.45, 2.75) is 31.2 Å². The van der Waals surface area contributed by atoms with Crippen molar-refractivity contribution < 1.29 is 24.0 Å². The Balaban J connectivity index is 2.30. The predicted molar refractivity (Wildman–Crippen MR) is 69.4 cm³/mol. The number of nitro groups is 1. The van der Waals surface area contributed by atoms with Gasteiger partial charge in [0.05, 0.1) is 10.5 Å². The van der Waals surface area contributed by atoms with Crippen molar-refractivity contribution in [1.82, 2.24) is 5.32 Å². The van der Waals surface area contributed by atoms with E-state index in [1.54, 1.807) is 0 Å². The monoisotopic (exact) mass is 296 g/mol. The Hall–Kier alpha value is -2.51. The second kappa shape index (κ2) is 5.47. The van der Waals surface area contributed by atoms with Crippen LogP contribution in [0.1, 0.15) is 36.0 Å². The molecule has 0 saturated heterocycles. The van der Waals surface area contributed by atoms with Gasteiger partial charge in [0.15, 0.2) is 0 Å². The Kier molecular flexibility index (Phi) is 3.88. The Bertz CT molecular complexity index is 611. The lowest BCUT2D eigenvalue weighted by molar-refractivity contribution is -0.384. The molecule has 0 bridgehead atoms. The summed E-state index contributed by atoms with van der Waals surface area (Å²) in [5.41, 5.74) is -2.39. The van der Waals surface area contributed by atoms with E-state index in [2.05, 4.69) is 5.32 Å². The smallest absolute Gasteiger partial charge is 0.329 e. The fourth-order valence-corrected chi connectivity index (χ4v) is 2.46. The number of hydrogen-bond donors (Lipinski definition) is 2. The summed E-state index contributed by atoms with van der Waals surface area (Å²) in [6.07, 6.45) is 1.79. The average molecular weight is 296 g/mol. The van der Waals surface area contributed by atoms with Gasteiger partial charge in [-0.05, 0) is 18.9 Å². The van der Waals surface area contributed by atoms with Crippen molar-refractivity contribution in [3.05, 3.63) is 39.7 Å². The van der Waals surface area contributed by atoms with Gasteiger partial charge in [-0.1, -0.05) is 12.8 Å². The topological polar surface area (TPSA) is 110 Å². The number of carboxylic acids is 1. The molecular formula is C13H13FN2O5. The van der Waals surface area contributed by atoms with Crippen LogP contribution in [0.15, 0.2) is 18.2 Å². The van der Waals surface area contributed by atoms with Crippen molar-refractivity contribution in [1.29, 1.82) is 0 Å². The number of carboxylic acid groups (broad SMARTS) is 1. The Morgan fingerprint density at radius 2 is 1.95 bits per heavy atom. The number of amides is 1. The van der Waals surface area contributed by atoms with Crippen molar-refractivity contribution in [3.8, 4) is 0 Å². The van der Waals surface area contributed by atoms with Crippen molar-refractivity contribution in [2.75, 3.05) is 0 Å². The van der Waals surface area contributed by atoms with E-state index in [0.717, 1.165) is 18.2 Å². The van der Waals surface area contributed by atoms with Crippen LogP contribution in [0.4, 0.5) is 10.1 Å². The zero-order chi connectivity index (χ0) is 15.6. The number of halogens is 1. The number of carbonyl (C=O) groups excluding carboxylic acids is 1. The van der Waals surface area contributed by atoms with Crippen molar-refractivity contribution in [2.24, 2.45) is 0 Å². The van der Waals surface area contributed by atoms with Crippen molar-refractivity contribution in [3.63, 3.8) is 0 Å². The molecule has 2 rings (SSSR count). The highest BCUT2D eigenvalue weighted by molar-refractivity contribution is 5.98. The first-order chi connectivity index (χ1) is 9.85. The molecule has 0 aromatic heterocycles. The van der Waals surface area contributed by atoms with Gasteiger partial charge in [-0.2, -0.15) is 0 Å². The van der Waals surface area contributed by atoms with Gasteiger partial charge in [0.2, 0.25) is 0 Å². The summed E-state index contributed by atoms with van der Waals surface area (Å²) >= 11 is 0. The van der Waals surface area contributed by atoms with E-state index < -0.39 is 39.4 Å². The molecule has 1 aliphatic rings. The van der Waals surface area contributed by atoms with Crippen LogP contribution in [0.3, 0.4) is 0 Å². The van der Waals surface area contributed by atoms with E-state index in [1.807, 2.05) is 0 Å². The van der Waals surface area contributed by atoms with Crippen LogP contribution in [0.5, 0.6) is 0 Å². The average Bonchev–Trinajstić information content (AvgIpc) is 2.88. The van der Waals surface area contributed by atoms with Gasteiger partial charge in [0, 0.05) is 12.1 Å². The van der Waals surface area contributed by atoms with Crippen LogP contribution >= 0.6 is 0 Å². The van der Waals surface area contributed by atoms with Crippen LogP contribution in [0.25, 0.3) is 0 Å². The molecule has 7 nitrogen and oxygen atoms in total. The van der Waals surface area contributed by atoms with Crippen LogP contribution in [0.2, 0.25) is 0 Å². The second-order valence-electron chi connectivity index (χ2n) is 4.97. The summed E-state index contributed by atoms with van der Waals surface area (Å²) in [5.74, 6) is -3.07. The number of nitrogens with one attached hydrogen (secondary N) is 1. The van der Waals surface area contributed by atoms with Gasteiger partial charge in [0.25, 0.3) is 11.6 Å². The number of hydrogen-bond acceptors (Lipinski definition) is 4. The molecule has 1 amide bonds. The molecule has 1 aliphatic carbocycles. The largest absolute Gasteiger partial charge is 0.480 e. The lowest BCUT2D eigenvalue weighted by Gasteiger charge is -2.25. The quantitative estimate of drug-likeness (QED) is 0.651. The van der Waals surface area contributed by atoms with E-state index >= 15 is 0 Å². The Labute approximate surface area is 118 Å². The normalized spacial score (nSPS) is 16.4. The first kappa shape index (κ1) is 14.9. The summed E-state index contributed by atoms with van der Waals surface area (Å²) in [6.45, 7) is 0. The van der Waals surface area contributed by atoms with Crippen LogP contribution in [-0.4, -0.2) is 27.4 Å². The molecule has 1 fully saturated rings. The first-order valence-electron chi connectivity index (χ1n) is 6.35. The summed E-state index contributed by atoms with van der Waals surface area (Å²) in [5, 5.41) is 22.2. The number of carbonyl (C=O) groups is 2. The number of nitro benzene ring substituents is 1. The van der Waals surface area contributed by atoms with Gasteiger partial charge in [0.1, 0.15) is 11.4 Å². The second-order valence-corrected chi connectivity index (χ2v) is 4.97. The molecule has 0 unspecified atom stereocenters. The molecule has 2 N–H and O–H groups in total. The molecule has 0 atom stereocenters. The van der Waals surface area contributed by atoms with E-state index in [-0.39, 0.29) is 12.8 Å². The fourth-order valence-electron chi connectivity index (χ4n) is 2.46. The summed E-state index contributed by atoms with van der Waals surface area (Å²) in [4.78, 5) is 33.3. The lowest BCUT2D eigenvalue weighted by Crippen LogP contribution is -2.52. The Morgan fingerprint density at radius 1 is 1.33 bits per heavy atom. The number of nitrogens with zero attached hydrogens (tertiary/aromatic N) is 1. The maximum atomic E-state index is 13.7. The zero-order valence-corrected chi connectivity index (χ0v) is 11.0. The van der Waals surface area contributed by atoms with Crippen LogP contribution < -0.4 is 5.32 Å². The standard InChI is InChI=1S/C13H13FN2O5/c14-10-4-3-8(16(20)21)7-9(10)11(17)15-13(12(18)19)5-1-2-6-13/h3-4,7H,1-2,5-6H2,(H,15,17)(H,18,19). The molecule has 0 radical (unpaired) electrons. The molecule has 0 heterocycles. The van der Waals surface area contributed by atoms with Crippen molar-refractivity contribution >= 4 is 17.6 Å². The third-order valence-electron chi connectivity index (χ3n) is 3.62. The van der Waals surface area contributed by atoms with Gasteiger partial charge < -0.3 is 10.4 Å². The van der Waals surface area contributed by atoms with E-state index in [1.165, 1.54) is 0 Å². The minimum absolute atomic E-state index is 0.255. The van der Waals surface area contributed by atoms with Gasteiger partial charge in [-0.3, -0.25) is 14.9 Å². The maximum Gasteiger partial charge on any atom is 0.329 e. The molecule has 0 aliphatic heterocycles. The van der Waals surface area contributed by atoms with Crippen LogP contribution in [0, 0.1) is 15.9 Å². The molecule has 112 valence electrons. The van der Waals surface area contributed by atoms with E-state index in [0.29, 0.717) is 12.8 Å². The third-order valence-corrected chi connectivity index (χ3v) is 3.62. The number of non-ortho nitro benzene ring substituents is 1. The van der Waals surface area contributed by atoms with E-state index in [9.17, 15) is 29.2 Å². The molecule has 0 spiro atoms. The van der Waals surface area contributed by atoms with Gasteiger partial charge in [-0.15, -0.1) is 0 Å². The molecule has 1 aromatic carbocycles. The maximum absolute atomic E-state index is 13.7. The predicted octanol–water partition coefficient (Wildman–Crippen LogP) is 1.86. The highest BCUT2D eigenvalue weighted by Gasteiger charge is 2.43. The molecular weight excluding hydrogens is 283 g/mol. The number of rotatable bonds is 4. The lowest BCUT2D eigenvalue weighted by atomic mass is 9.97. The molecule has 21 heavy (non-hydrogen) atoms. The minimum atomic E-state index is -1.42. The summed E-state index contributed by atoms with van der Waals surface area (Å²) < 4.78 is 13.7. The molecule has 1 saturated carbocycles. The highest BCUT2D eigenvalue weighted by Crippen LogP contribution is 2.30. The SMILES string of the molecule is O=C(NC1(C(=O)O)CCCC1)c1cc([N+](=O)[O-])ccc1F. The summed E-state index contributed by atoms with van der Waals surface area (Å²) in [6, 6.07) is 2.55. The molecule has 1 aromatic rings.